The van der Waals surface area contributed by atoms with Crippen LogP contribution in [0.25, 0.3) is 0 Å². The zero-order valence-corrected chi connectivity index (χ0v) is 16.2. The van der Waals surface area contributed by atoms with Crippen LogP contribution in [0.3, 0.4) is 0 Å². The van der Waals surface area contributed by atoms with Gasteiger partial charge in [0.2, 0.25) is 5.91 Å². The minimum Gasteiger partial charge on any atom is -0.379 e. The van der Waals surface area contributed by atoms with Gasteiger partial charge >= 0.3 is 0 Å². The van der Waals surface area contributed by atoms with Crippen molar-refractivity contribution in [2.24, 2.45) is 0 Å². The van der Waals surface area contributed by atoms with Gasteiger partial charge in [0, 0.05) is 57.9 Å². The summed E-state index contributed by atoms with van der Waals surface area (Å²) in [6.45, 7) is 8.34. The Morgan fingerprint density at radius 2 is 1.85 bits per heavy atom. The third kappa shape index (κ3) is 7.27. The molecule has 150 valence electrons. The van der Waals surface area contributed by atoms with Crippen LogP contribution in [0.2, 0.25) is 0 Å². The zero-order valence-electron chi connectivity index (χ0n) is 16.2. The predicted molar refractivity (Wildman–Crippen MR) is 102 cm³/mol. The van der Waals surface area contributed by atoms with Crippen LogP contribution in [0.15, 0.2) is 24.3 Å². The number of benzene rings is 1. The molecule has 1 aromatic carbocycles. The second kappa shape index (κ2) is 11.0. The molecule has 1 saturated heterocycles. The normalized spacial score (nSPS) is 14.4. The topological polar surface area (TPSA) is 61.9 Å². The van der Waals surface area contributed by atoms with Crippen LogP contribution in [0.5, 0.6) is 0 Å². The van der Waals surface area contributed by atoms with E-state index in [-0.39, 0.29) is 30.2 Å². The number of rotatable bonds is 9. The third-order valence-electron chi connectivity index (χ3n) is 4.47. The highest BCUT2D eigenvalue weighted by atomic mass is 19.1. The largest absolute Gasteiger partial charge is 0.379 e. The van der Waals surface area contributed by atoms with Crippen molar-refractivity contribution in [1.82, 2.24) is 15.1 Å². The van der Waals surface area contributed by atoms with Crippen molar-refractivity contribution in [1.29, 1.82) is 0 Å². The molecule has 0 aliphatic carbocycles. The second-order valence-corrected chi connectivity index (χ2v) is 6.95. The number of amides is 2. The SMILES string of the molecule is CC(C)OCCCN(CCC(=O)N1CCNCC1)C(=O)c1ccc(F)cc1. The number of halogens is 1. The molecule has 27 heavy (non-hydrogen) atoms. The maximum Gasteiger partial charge on any atom is 0.253 e. The monoisotopic (exact) mass is 379 g/mol. The summed E-state index contributed by atoms with van der Waals surface area (Å²) in [4.78, 5) is 28.7. The lowest BCUT2D eigenvalue weighted by molar-refractivity contribution is -0.131. The van der Waals surface area contributed by atoms with Crippen LogP contribution in [0.1, 0.15) is 37.0 Å². The summed E-state index contributed by atoms with van der Waals surface area (Å²) in [6, 6.07) is 5.51. The number of ether oxygens (including phenoxy) is 1. The zero-order chi connectivity index (χ0) is 19.6. The quantitative estimate of drug-likeness (QED) is 0.666. The van der Waals surface area contributed by atoms with Gasteiger partial charge < -0.3 is 19.9 Å². The van der Waals surface area contributed by atoms with Crippen LogP contribution in [-0.4, -0.2) is 73.6 Å². The summed E-state index contributed by atoms with van der Waals surface area (Å²) in [6.07, 6.45) is 1.12. The van der Waals surface area contributed by atoms with Crippen molar-refractivity contribution >= 4 is 11.8 Å². The van der Waals surface area contributed by atoms with Crippen LogP contribution in [-0.2, 0) is 9.53 Å². The number of nitrogens with zero attached hydrogens (tertiary/aromatic N) is 2. The molecule has 0 saturated carbocycles. The van der Waals surface area contributed by atoms with Crippen LogP contribution >= 0.6 is 0 Å². The Morgan fingerprint density at radius 1 is 1.19 bits per heavy atom. The van der Waals surface area contributed by atoms with Gasteiger partial charge in [-0.15, -0.1) is 0 Å². The second-order valence-electron chi connectivity index (χ2n) is 6.95. The maximum absolute atomic E-state index is 13.1. The van der Waals surface area contributed by atoms with E-state index in [2.05, 4.69) is 5.32 Å². The van der Waals surface area contributed by atoms with Crippen LogP contribution < -0.4 is 5.32 Å². The van der Waals surface area contributed by atoms with E-state index in [1.165, 1.54) is 24.3 Å². The van der Waals surface area contributed by atoms with Crippen molar-refractivity contribution < 1.29 is 18.7 Å². The first-order valence-corrected chi connectivity index (χ1v) is 9.62. The molecular weight excluding hydrogens is 349 g/mol. The molecule has 2 amide bonds. The number of carbonyl (C=O) groups excluding carboxylic acids is 2. The Kier molecular flexibility index (Phi) is 8.67. The fourth-order valence-electron chi connectivity index (χ4n) is 2.97. The molecule has 0 unspecified atom stereocenters. The summed E-state index contributed by atoms with van der Waals surface area (Å²) in [7, 11) is 0. The first-order valence-electron chi connectivity index (χ1n) is 9.62. The average molecular weight is 379 g/mol. The summed E-state index contributed by atoms with van der Waals surface area (Å²) in [5.41, 5.74) is 0.427. The fourth-order valence-corrected chi connectivity index (χ4v) is 2.97. The Morgan fingerprint density at radius 3 is 2.48 bits per heavy atom. The molecule has 0 bridgehead atoms. The molecule has 7 heteroatoms. The molecule has 6 nitrogen and oxygen atoms in total. The van der Waals surface area contributed by atoms with Gasteiger partial charge in [0.05, 0.1) is 6.10 Å². The first-order chi connectivity index (χ1) is 13.0. The predicted octanol–water partition coefficient (Wildman–Crippen LogP) is 1.90. The van der Waals surface area contributed by atoms with Crippen molar-refractivity contribution in [3.8, 4) is 0 Å². The smallest absolute Gasteiger partial charge is 0.253 e. The Bertz CT molecular complexity index is 601. The first kappa shape index (κ1) is 21.3. The van der Waals surface area contributed by atoms with E-state index in [0.717, 1.165) is 13.1 Å². The van der Waals surface area contributed by atoms with Crippen LogP contribution in [0, 0.1) is 5.82 Å². The molecule has 1 aliphatic heterocycles. The van der Waals surface area contributed by atoms with Gasteiger partial charge in [-0.25, -0.2) is 4.39 Å². The Hall–Kier alpha value is -1.99. The molecule has 1 heterocycles. The maximum atomic E-state index is 13.1. The van der Waals surface area contributed by atoms with Gasteiger partial charge in [-0.3, -0.25) is 9.59 Å². The number of nitrogens with one attached hydrogen (secondary N) is 1. The van der Waals surface area contributed by atoms with Gasteiger partial charge in [0.15, 0.2) is 0 Å². The summed E-state index contributed by atoms with van der Waals surface area (Å²) >= 11 is 0. The van der Waals surface area contributed by atoms with Gasteiger partial charge in [0.25, 0.3) is 5.91 Å². The molecule has 1 aliphatic rings. The lowest BCUT2D eigenvalue weighted by atomic mass is 10.1. The van der Waals surface area contributed by atoms with Gasteiger partial charge in [-0.1, -0.05) is 0 Å². The average Bonchev–Trinajstić information content (AvgIpc) is 2.67. The van der Waals surface area contributed by atoms with E-state index in [9.17, 15) is 14.0 Å². The van der Waals surface area contributed by atoms with Gasteiger partial charge in [-0.05, 0) is 44.5 Å². The van der Waals surface area contributed by atoms with Gasteiger partial charge in [0.1, 0.15) is 5.82 Å². The lowest BCUT2D eigenvalue weighted by Gasteiger charge is -2.29. The van der Waals surface area contributed by atoms with E-state index < -0.39 is 0 Å². The highest BCUT2D eigenvalue weighted by Crippen LogP contribution is 2.09. The fraction of sp³-hybridized carbons (Fsp3) is 0.600. The molecule has 0 spiro atoms. The number of hydrogen-bond donors (Lipinski definition) is 1. The summed E-state index contributed by atoms with van der Waals surface area (Å²) in [5.74, 6) is -0.503. The molecule has 2 rings (SSSR count). The Labute approximate surface area is 160 Å². The summed E-state index contributed by atoms with van der Waals surface area (Å²) < 4.78 is 18.7. The van der Waals surface area contributed by atoms with E-state index in [4.69, 9.17) is 4.74 Å². The highest BCUT2D eigenvalue weighted by Gasteiger charge is 2.20. The third-order valence-corrected chi connectivity index (χ3v) is 4.47. The number of carbonyl (C=O) groups is 2. The van der Waals surface area contributed by atoms with Crippen molar-refractivity contribution in [2.75, 3.05) is 45.9 Å². The van der Waals surface area contributed by atoms with E-state index in [0.29, 0.717) is 44.8 Å². The standard InChI is InChI=1S/C20H30FN3O3/c1-16(2)27-15-3-11-24(20(26)17-4-6-18(21)7-5-17)12-8-19(25)23-13-9-22-10-14-23/h4-7,16,22H,3,8-15H2,1-2H3. The Balaban J connectivity index is 1.94. The van der Waals surface area contributed by atoms with Crippen molar-refractivity contribution in [3.05, 3.63) is 35.6 Å². The minimum absolute atomic E-state index is 0.0619. The molecule has 0 aromatic heterocycles. The van der Waals surface area contributed by atoms with E-state index in [1.807, 2.05) is 18.7 Å². The van der Waals surface area contributed by atoms with E-state index >= 15 is 0 Å². The van der Waals surface area contributed by atoms with E-state index in [1.54, 1.807) is 4.90 Å². The lowest BCUT2D eigenvalue weighted by Crippen LogP contribution is -2.47. The summed E-state index contributed by atoms with van der Waals surface area (Å²) in [5, 5.41) is 3.22. The highest BCUT2D eigenvalue weighted by molar-refractivity contribution is 5.94. The van der Waals surface area contributed by atoms with Crippen LogP contribution in [0.4, 0.5) is 4.39 Å². The number of hydrogen-bond acceptors (Lipinski definition) is 4. The molecule has 0 radical (unpaired) electrons. The van der Waals surface area contributed by atoms with Crippen molar-refractivity contribution in [2.45, 2.75) is 32.8 Å². The van der Waals surface area contributed by atoms with Gasteiger partial charge in [-0.2, -0.15) is 0 Å². The molecule has 1 N–H and O–H groups in total. The van der Waals surface area contributed by atoms with Crippen molar-refractivity contribution in [3.63, 3.8) is 0 Å². The number of piperazine rings is 1. The molecule has 1 aromatic rings. The molecular formula is C20H30FN3O3. The molecule has 1 fully saturated rings. The minimum atomic E-state index is -0.377. The molecule has 0 atom stereocenters.